The van der Waals surface area contributed by atoms with Gasteiger partial charge in [0.05, 0.1) is 0 Å². The van der Waals surface area contributed by atoms with E-state index in [1.165, 1.54) is 62.5 Å². The van der Waals surface area contributed by atoms with Crippen molar-refractivity contribution in [2.45, 2.75) is 127 Å². The van der Waals surface area contributed by atoms with Crippen LogP contribution in [0.2, 0.25) is 0 Å². The van der Waals surface area contributed by atoms with Crippen molar-refractivity contribution in [3.63, 3.8) is 0 Å². The second-order valence-electron chi connectivity index (χ2n) is 13.1. The van der Waals surface area contributed by atoms with Gasteiger partial charge in [-0.2, -0.15) is 11.8 Å². The van der Waals surface area contributed by atoms with Crippen LogP contribution < -0.4 is 0 Å². The van der Waals surface area contributed by atoms with Crippen LogP contribution in [0.4, 0.5) is 0 Å². The number of aromatic hydroxyl groups is 2. The molecular weight excluding hydrogens is 448 g/mol. The summed E-state index contributed by atoms with van der Waals surface area (Å²) in [4.78, 5) is 0. The Labute approximate surface area is 217 Å². The molecule has 192 valence electrons. The van der Waals surface area contributed by atoms with Crippen molar-refractivity contribution in [1.82, 2.24) is 0 Å². The molecule has 0 saturated heterocycles. The number of thioether (sulfide) groups is 1. The molecule has 2 aliphatic rings. The van der Waals surface area contributed by atoms with Gasteiger partial charge in [0.1, 0.15) is 11.5 Å². The van der Waals surface area contributed by atoms with Crippen LogP contribution in [0, 0.1) is 0 Å². The third-order valence-electron chi connectivity index (χ3n) is 8.27. The van der Waals surface area contributed by atoms with Crippen molar-refractivity contribution in [2.75, 3.05) is 0 Å². The van der Waals surface area contributed by atoms with Gasteiger partial charge >= 0.3 is 0 Å². The lowest BCUT2D eigenvalue weighted by molar-refractivity contribution is 0.454. The molecule has 4 rings (SSSR count). The highest BCUT2D eigenvalue weighted by Gasteiger charge is 2.27. The molecule has 0 unspecified atom stereocenters. The lowest BCUT2D eigenvalue weighted by Crippen LogP contribution is -2.13. The topological polar surface area (TPSA) is 40.5 Å². The van der Waals surface area contributed by atoms with Crippen LogP contribution in [0.15, 0.2) is 24.3 Å². The van der Waals surface area contributed by atoms with Crippen molar-refractivity contribution < 1.29 is 10.2 Å². The second-order valence-corrected chi connectivity index (χ2v) is 14.1. The van der Waals surface area contributed by atoms with E-state index in [1.807, 2.05) is 11.8 Å². The van der Waals surface area contributed by atoms with E-state index < -0.39 is 0 Å². The lowest BCUT2D eigenvalue weighted by Gasteiger charge is -2.25. The number of phenols is 2. The highest BCUT2D eigenvalue weighted by atomic mass is 32.2. The largest absolute Gasteiger partial charge is 0.507 e. The molecule has 2 saturated carbocycles. The third-order valence-corrected chi connectivity index (χ3v) is 9.30. The zero-order chi connectivity index (χ0) is 25.4. The van der Waals surface area contributed by atoms with Gasteiger partial charge in [-0.3, -0.25) is 0 Å². The molecule has 0 aliphatic heterocycles. The lowest BCUT2D eigenvalue weighted by atomic mass is 9.82. The van der Waals surface area contributed by atoms with Gasteiger partial charge < -0.3 is 10.2 Å². The van der Waals surface area contributed by atoms with Crippen molar-refractivity contribution in [1.29, 1.82) is 0 Å². The van der Waals surface area contributed by atoms with Crippen LogP contribution in [-0.2, 0) is 22.3 Å². The van der Waals surface area contributed by atoms with Crippen LogP contribution in [0.3, 0.4) is 0 Å². The molecule has 0 aromatic heterocycles. The summed E-state index contributed by atoms with van der Waals surface area (Å²) >= 11 is 1.81. The Morgan fingerprint density at radius 1 is 0.629 bits per heavy atom. The molecule has 0 radical (unpaired) electrons. The summed E-state index contributed by atoms with van der Waals surface area (Å²) in [6.07, 6.45) is 9.80. The molecule has 2 N–H and O–H groups in total. The smallest absolute Gasteiger partial charge is 0.123 e. The number of benzene rings is 2. The normalized spacial score (nSPS) is 18.0. The summed E-state index contributed by atoms with van der Waals surface area (Å²) in [5, 5.41) is 22.5. The van der Waals surface area contributed by atoms with Gasteiger partial charge in [-0.05, 0) is 70.6 Å². The van der Waals surface area contributed by atoms with Crippen LogP contribution in [0.1, 0.15) is 138 Å². The van der Waals surface area contributed by atoms with E-state index in [9.17, 15) is 10.2 Å². The number of rotatable bonds is 6. The van der Waals surface area contributed by atoms with Gasteiger partial charge in [0.25, 0.3) is 0 Å². The van der Waals surface area contributed by atoms with Gasteiger partial charge in [-0.15, -0.1) is 0 Å². The minimum atomic E-state index is 0.0516. The fraction of sp³-hybridized carbons (Fsp3) is 0.625. The van der Waals surface area contributed by atoms with E-state index in [4.69, 9.17) is 0 Å². The molecule has 2 aromatic rings. The number of hydrogen-bond acceptors (Lipinski definition) is 3. The first-order chi connectivity index (χ1) is 16.4. The van der Waals surface area contributed by atoms with Gasteiger partial charge in [0.15, 0.2) is 0 Å². The standard InChI is InChI=1S/C32H46O2S/c1-31(2,3)25-15-23(29(33)27(17-25)21-11-7-8-12-21)19-35-20-24-16-26(32(4,5)6)18-28(30(24)34)22-13-9-10-14-22/h15-18,21-22,33-34H,7-14,19-20H2,1-6H3. The maximum absolute atomic E-state index is 11.3. The van der Waals surface area contributed by atoms with Crippen LogP contribution in [-0.4, -0.2) is 10.2 Å². The van der Waals surface area contributed by atoms with Gasteiger partial charge in [-0.1, -0.05) is 91.5 Å². The van der Waals surface area contributed by atoms with E-state index in [2.05, 4.69) is 65.8 Å². The molecule has 2 fully saturated rings. The minimum Gasteiger partial charge on any atom is -0.507 e. The number of phenolic OH excluding ortho intramolecular Hbond substituents is 2. The zero-order valence-electron chi connectivity index (χ0n) is 22.8. The second kappa shape index (κ2) is 10.4. The first kappa shape index (κ1) is 26.5. The van der Waals surface area contributed by atoms with Crippen LogP contribution in [0.25, 0.3) is 0 Å². The Morgan fingerprint density at radius 3 is 1.29 bits per heavy atom. The summed E-state index contributed by atoms with van der Waals surface area (Å²) < 4.78 is 0. The third kappa shape index (κ3) is 6.04. The Bertz CT molecular complexity index is 945. The predicted octanol–water partition coefficient (Wildman–Crippen LogP) is 9.44. The van der Waals surface area contributed by atoms with Gasteiger partial charge in [0, 0.05) is 22.6 Å². The quantitative estimate of drug-likeness (QED) is 0.420. The maximum atomic E-state index is 11.3. The van der Waals surface area contributed by atoms with Gasteiger partial charge in [0.2, 0.25) is 0 Å². The summed E-state index contributed by atoms with van der Waals surface area (Å²) in [7, 11) is 0. The highest BCUT2D eigenvalue weighted by Crippen LogP contribution is 2.45. The van der Waals surface area contributed by atoms with Crippen molar-refractivity contribution in [3.8, 4) is 11.5 Å². The van der Waals surface area contributed by atoms with E-state index in [1.54, 1.807) is 0 Å². The van der Waals surface area contributed by atoms with Crippen LogP contribution in [0.5, 0.6) is 11.5 Å². The first-order valence-corrected chi connectivity index (χ1v) is 14.9. The average Bonchev–Trinajstić information content (AvgIpc) is 3.49. The Balaban J connectivity index is 1.60. The predicted molar refractivity (Wildman–Crippen MR) is 151 cm³/mol. The van der Waals surface area contributed by atoms with Gasteiger partial charge in [-0.25, -0.2) is 0 Å². The Hall–Kier alpha value is -1.61. The fourth-order valence-corrected chi connectivity index (χ4v) is 6.87. The van der Waals surface area contributed by atoms with Crippen molar-refractivity contribution in [3.05, 3.63) is 57.6 Å². The maximum Gasteiger partial charge on any atom is 0.123 e. The highest BCUT2D eigenvalue weighted by molar-refractivity contribution is 7.97. The molecule has 2 aliphatic carbocycles. The molecule has 35 heavy (non-hydrogen) atoms. The summed E-state index contributed by atoms with van der Waals surface area (Å²) in [6.45, 7) is 13.6. The Kier molecular flexibility index (Phi) is 7.86. The molecule has 0 amide bonds. The van der Waals surface area contributed by atoms with Crippen LogP contribution >= 0.6 is 11.8 Å². The molecule has 0 bridgehead atoms. The van der Waals surface area contributed by atoms with E-state index >= 15 is 0 Å². The van der Waals surface area contributed by atoms with E-state index in [-0.39, 0.29) is 10.8 Å². The SMILES string of the molecule is CC(C)(C)c1cc(CSCc2cc(C(C)(C)C)cc(C3CCCC3)c2O)c(O)c(C2CCCC2)c1. The summed E-state index contributed by atoms with van der Waals surface area (Å²) in [6, 6.07) is 8.98. The monoisotopic (exact) mass is 494 g/mol. The van der Waals surface area contributed by atoms with E-state index in [0.717, 1.165) is 33.8 Å². The zero-order valence-corrected chi connectivity index (χ0v) is 23.7. The molecule has 0 heterocycles. The Morgan fingerprint density at radius 2 is 0.971 bits per heavy atom. The summed E-state index contributed by atoms with van der Waals surface area (Å²) in [5.74, 6) is 3.51. The average molecular weight is 495 g/mol. The van der Waals surface area contributed by atoms with Crippen molar-refractivity contribution in [2.24, 2.45) is 0 Å². The minimum absolute atomic E-state index is 0.0516. The summed E-state index contributed by atoms with van der Waals surface area (Å²) in [5.41, 5.74) is 7.14. The van der Waals surface area contributed by atoms with Crippen molar-refractivity contribution >= 4 is 11.8 Å². The molecule has 0 spiro atoms. The molecule has 0 atom stereocenters. The molecule has 2 aromatic carbocycles. The fourth-order valence-electron chi connectivity index (χ4n) is 5.89. The molecular formula is C32H46O2S. The number of hydrogen-bond donors (Lipinski definition) is 2. The first-order valence-electron chi connectivity index (χ1n) is 13.8. The molecule has 2 nitrogen and oxygen atoms in total. The van der Waals surface area contributed by atoms with E-state index in [0.29, 0.717) is 23.3 Å². The molecule has 3 heteroatoms.